The van der Waals surface area contributed by atoms with Gasteiger partial charge in [-0.25, -0.2) is 9.50 Å². The molecule has 0 unspecified atom stereocenters. The Hall–Kier alpha value is -2.90. The van der Waals surface area contributed by atoms with Crippen molar-refractivity contribution in [2.24, 2.45) is 0 Å². The lowest BCUT2D eigenvalue weighted by molar-refractivity contribution is -0.131. The molecule has 3 aromatic rings. The number of likely N-dealkylation sites (N-methyl/N-ethyl adjacent to an activating group) is 1. The van der Waals surface area contributed by atoms with Gasteiger partial charge in [0.05, 0.1) is 12.1 Å². The molecule has 1 atom stereocenters. The summed E-state index contributed by atoms with van der Waals surface area (Å²) in [5.74, 6) is 0.960. The molecule has 8 nitrogen and oxygen atoms in total. The fourth-order valence-electron chi connectivity index (χ4n) is 2.66. The molecule has 0 spiro atoms. The molecule has 0 radical (unpaired) electrons. The van der Waals surface area contributed by atoms with E-state index >= 15 is 0 Å². The van der Waals surface area contributed by atoms with Gasteiger partial charge in [0.25, 0.3) is 5.78 Å². The Kier molecular flexibility index (Phi) is 4.69. The molecular weight excluding hydrogens is 318 g/mol. The number of aromatic nitrogens is 6. The van der Waals surface area contributed by atoms with Gasteiger partial charge in [-0.05, 0) is 26.8 Å². The highest BCUT2D eigenvalue weighted by Crippen LogP contribution is 2.09. The van der Waals surface area contributed by atoms with Gasteiger partial charge in [0.1, 0.15) is 0 Å². The topological polar surface area (TPSA) is 89.2 Å². The minimum Gasteiger partial charge on any atom is -0.342 e. The molecule has 0 aliphatic rings. The van der Waals surface area contributed by atoms with E-state index in [9.17, 15) is 4.79 Å². The number of rotatable bonds is 5. The zero-order valence-electron chi connectivity index (χ0n) is 14.8. The van der Waals surface area contributed by atoms with Crippen LogP contribution in [-0.2, 0) is 17.6 Å². The van der Waals surface area contributed by atoms with E-state index in [0.717, 1.165) is 17.1 Å². The molecule has 1 amide bonds. The maximum atomic E-state index is 12.6. The summed E-state index contributed by atoms with van der Waals surface area (Å²) in [4.78, 5) is 31.3. The fraction of sp³-hybridized carbons (Fsp3) is 0.412. The van der Waals surface area contributed by atoms with Crippen LogP contribution < -0.4 is 0 Å². The van der Waals surface area contributed by atoms with Crippen LogP contribution in [0.2, 0.25) is 0 Å². The maximum absolute atomic E-state index is 12.6. The van der Waals surface area contributed by atoms with Crippen LogP contribution in [0.1, 0.15) is 29.8 Å². The third-order valence-corrected chi connectivity index (χ3v) is 4.15. The molecular formula is C17H21N7O. The molecule has 0 aromatic carbocycles. The van der Waals surface area contributed by atoms with Gasteiger partial charge in [-0.2, -0.15) is 4.98 Å². The molecule has 0 bridgehead atoms. The molecule has 0 aliphatic carbocycles. The number of fused-ring (bicyclic) bond motifs is 1. The molecule has 3 heterocycles. The van der Waals surface area contributed by atoms with Crippen molar-refractivity contribution in [3.63, 3.8) is 0 Å². The third kappa shape index (κ3) is 3.78. The first-order chi connectivity index (χ1) is 11.9. The van der Waals surface area contributed by atoms with Crippen molar-refractivity contribution in [1.29, 1.82) is 0 Å². The lowest BCUT2D eigenvalue weighted by atomic mass is 10.1. The molecule has 3 aromatic heterocycles. The van der Waals surface area contributed by atoms with E-state index in [1.54, 1.807) is 35.1 Å². The Balaban J connectivity index is 1.70. The van der Waals surface area contributed by atoms with Crippen molar-refractivity contribution in [2.75, 3.05) is 7.05 Å². The smallest absolute Gasteiger partial charge is 0.252 e. The van der Waals surface area contributed by atoms with Gasteiger partial charge in [-0.15, -0.1) is 5.10 Å². The van der Waals surface area contributed by atoms with E-state index in [1.165, 1.54) is 0 Å². The Bertz CT molecular complexity index is 891. The Labute approximate surface area is 146 Å². The van der Waals surface area contributed by atoms with E-state index in [0.29, 0.717) is 18.0 Å². The summed E-state index contributed by atoms with van der Waals surface area (Å²) in [5, 5.41) is 4.39. The normalized spacial score (nSPS) is 12.3. The summed E-state index contributed by atoms with van der Waals surface area (Å²) in [6.45, 7) is 5.84. The molecule has 25 heavy (non-hydrogen) atoms. The van der Waals surface area contributed by atoms with E-state index in [-0.39, 0.29) is 18.4 Å². The predicted octanol–water partition coefficient (Wildman–Crippen LogP) is 1.16. The van der Waals surface area contributed by atoms with Gasteiger partial charge in [0.15, 0.2) is 5.82 Å². The zero-order chi connectivity index (χ0) is 18.0. The maximum Gasteiger partial charge on any atom is 0.252 e. The molecule has 0 fully saturated rings. The largest absolute Gasteiger partial charge is 0.342 e. The average molecular weight is 339 g/mol. The Morgan fingerprint density at radius 1 is 1.28 bits per heavy atom. The van der Waals surface area contributed by atoms with Gasteiger partial charge in [-0.3, -0.25) is 14.8 Å². The summed E-state index contributed by atoms with van der Waals surface area (Å²) in [6, 6.07) is 1.94. The van der Waals surface area contributed by atoms with Crippen LogP contribution in [0.15, 0.2) is 24.7 Å². The van der Waals surface area contributed by atoms with Gasteiger partial charge in [-0.1, -0.05) is 0 Å². The predicted molar refractivity (Wildman–Crippen MR) is 91.9 cm³/mol. The third-order valence-electron chi connectivity index (χ3n) is 4.15. The minimum atomic E-state index is -0.0401. The van der Waals surface area contributed by atoms with E-state index in [2.05, 4.69) is 25.0 Å². The number of carbonyl (C=O) groups is 1. The number of nitrogens with zero attached hydrogens (tertiary/aromatic N) is 7. The second-order valence-electron chi connectivity index (χ2n) is 6.21. The van der Waals surface area contributed by atoms with Crippen molar-refractivity contribution < 1.29 is 4.79 Å². The van der Waals surface area contributed by atoms with E-state index in [1.807, 2.05) is 26.8 Å². The zero-order valence-corrected chi connectivity index (χ0v) is 14.8. The molecule has 0 aliphatic heterocycles. The Morgan fingerprint density at radius 2 is 2.08 bits per heavy atom. The quantitative estimate of drug-likeness (QED) is 0.693. The number of hydrogen-bond donors (Lipinski definition) is 0. The lowest BCUT2D eigenvalue weighted by Gasteiger charge is -2.24. The van der Waals surface area contributed by atoms with Gasteiger partial charge in [0.2, 0.25) is 5.91 Å². The van der Waals surface area contributed by atoms with E-state index < -0.39 is 0 Å². The minimum absolute atomic E-state index is 0.00309. The van der Waals surface area contributed by atoms with Crippen molar-refractivity contribution in [3.05, 3.63) is 47.6 Å². The second kappa shape index (κ2) is 6.92. The van der Waals surface area contributed by atoms with Gasteiger partial charge >= 0.3 is 0 Å². The second-order valence-corrected chi connectivity index (χ2v) is 6.21. The monoisotopic (exact) mass is 339 g/mol. The fourth-order valence-corrected chi connectivity index (χ4v) is 2.66. The molecule has 0 saturated heterocycles. The van der Waals surface area contributed by atoms with E-state index in [4.69, 9.17) is 0 Å². The molecule has 130 valence electrons. The van der Waals surface area contributed by atoms with Crippen molar-refractivity contribution in [2.45, 2.75) is 39.7 Å². The number of amides is 1. The standard InChI is InChI=1S/C17H21N7O/c1-11-7-13(3)24-17(20-11)21-15(22-24)9-16(25)23(4)12(2)8-14-10-18-5-6-19-14/h5-7,10,12H,8-9H2,1-4H3/t12-/m0/s1. The van der Waals surface area contributed by atoms with Crippen LogP contribution in [0.3, 0.4) is 0 Å². The summed E-state index contributed by atoms with van der Waals surface area (Å²) in [5.41, 5.74) is 2.68. The van der Waals surface area contributed by atoms with Gasteiger partial charge < -0.3 is 4.90 Å². The summed E-state index contributed by atoms with van der Waals surface area (Å²) < 4.78 is 1.67. The first-order valence-corrected chi connectivity index (χ1v) is 8.14. The molecule has 3 rings (SSSR count). The number of hydrogen-bond acceptors (Lipinski definition) is 6. The molecule has 8 heteroatoms. The summed E-state index contributed by atoms with van der Waals surface area (Å²) in [7, 11) is 1.78. The van der Waals surface area contributed by atoms with Gasteiger partial charge in [0, 0.05) is 49.5 Å². The Morgan fingerprint density at radius 3 is 2.80 bits per heavy atom. The van der Waals surface area contributed by atoms with Crippen molar-refractivity contribution in [3.8, 4) is 0 Å². The van der Waals surface area contributed by atoms with Crippen LogP contribution in [0, 0.1) is 13.8 Å². The summed E-state index contributed by atoms with van der Waals surface area (Å²) in [6.07, 6.45) is 5.80. The summed E-state index contributed by atoms with van der Waals surface area (Å²) >= 11 is 0. The average Bonchev–Trinajstić information content (AvgIpc) is 2.97. The molecule has 0 N–H and O–H groups in total. The highest BCUT2D eigenvalue weighted by Gasteiger charge is 2.19. The SMILES string of the molecule is Cc1cc(C)n2nc(CC(=O)N(C)[C@@H](C)Cc3cnccn3)nc2n1. The molecule has 0 saturated carbocycles. The number of carbonyl (C=O) groups excluding carboxylic acids is 1. The first-order valence-electron chi connectivity index (χ1n) is 8.14. The van der Waals surface area contributed by atoms with Crippen LogP contribution >= 0.6 is 0 Å². The highest BCUT2D eigenvalue weighted by molar-refractivity contribution is 5.78. The van der Waals surface area contributed by atoms with Crippen molar-refractivity contribution >= 4 is 11.7 Å². The van der Waals surface area contributed by atoms with Crippen LogP contribution in [0.25, 0.3) is 5.78 Å². The lowest BCUT2D eigenvalue weighted by Crippen LogP contribution is -2.37. The first kappa shape index (κ1) is 16.9. The highest BCUT2D eigenvalue weighted by atomic mass is 16.2. The van der Waals surface area contributed by atoms with Crippen LogP contribution in [-0.4, -0.2) is 53.4 Å². The van der Waals surface area contributed by atoms with Crippen LogP contribution in [0.4, 0.5) is 0 Å². The van der Waals surface area contributed by atoms with Crippen molar-refractivity contribution in [1.82, 2.24) is 34.4 Å². The number of aryl methyl sites for hydroxylation is 2. The van der Waals surface area contributed by atoms with Crippen LogP contribution in [0.5, 0.6) is 0 Å².